The Morgan fingerprint density at radius 1 is 0.386 bits per heavy atom. The molecule has 0 atom stereocenters. The maximum atomic E-state index is 17.9. The monoisotopic (exact) mass is 610 g/mol. The van der Waals surface area contributed by atoms with Gasteiger partial charge in [-0.3, -0.25) is 8.22 Å². The molecular weight excluding hydrogens is 579 g/mol. The number of nitrogens with zero attached hydrogens (tertiary/aromatic N) is 2. The predicted octanol–water partition coefficient (Wildman–Crippen LogP) is 6.59. The van der Waals surface area contributed by atoms with Gasteiger partial charge in [0, 0.05) is 10.4 Å². The highest BCUT2D eigenvalue weighted by Gasteiger charge is 2.44. The Kier molecular flexibility index (Phi) is 8.28. The molecule has 0 unspecified atom stereocenters. The minimum atomic E-state index is -3.98. The van der Waals surface area contributed by atoms with Crippen LogP contribution in [0.25, 0.3) is 0 Å². The fourth-order valence-corrected chi connectivity index (χ4v) is 12.1. The SMILES string of the molecule is Cc1ccc(N=Nc2ccc(C)cc2[Si](F)(c2ccccc2)c2ccccc2)c([Si](F)(c2ccccc2)c2ccccc2)c1. The summed E-state index contributed by atoms with van der Waals surface area (Å²) in [5.41, 5.74) is 2.74. The Bertz CT molecular complexity index is 1680. The maximum absolute atomic E-state index is 17.9. The van der Waals surface area contributed by atoms with E-state index in [1.165, 1.54) is 0 Å². The number of hydrogen-bond acceptors (Lipinski definition) is 2. The van der Waals surface area contributed by atoms with Crippen molar-refractivity contribution in [2.75, 3.05) is 0 Å². The number of benzene rings is 6. The smallest absolute Gasteiger partial charge is 0.296 e. The van der Waals surface area contributed by atoms with Crippen molar-refractivity contribution in [3.05, 3.63) is 169 Å². The van der Waals surface area contributed by atoms with Gasteiger partial charge in [0.15, 0.2) is 0 Å². The van der Waals surface area contributed by atoms with Gasteiger partial charge in [0.25, 0.3) is 0 Å². The molecule has 0 N–H and O–H groups in total. The van der Waals surface area contributed by atoms with Crippen LogP contribution in [-0.4, -0.2) is 16.8 Å². The minimum Gasteiger partial charge on any atom is -0.296 e. The number of hydrogen-bond donors (Lipinski definition) is 0. The largest absolute Gasteiger partial charge is 0.341 e. The second kappa shape index (κ2) is 12.4. The summed E-state index contributed by atoms with van der Waals surface area (Å²) >= 11 is 0. The van der Waals surface area contributed by atoms with E-state index in [4.69, 9.17) is 10.2 Å². The van der Waals surface area contributed by atoms with E-state index in [9.17, 15) is 0 Å². The highest BCUT2D eigenvalue weighted by atomic mass is 28.4. The molecule has 0 saturated carbocycles. The molecule has 0 aliphatic carbocycles. The molecule has 0 aliphatic rings. The maximum Gasteiger partial charge on any atom is 0.341 e. The first-order valence-corrected chi connectivity index (χ1v) is 18.4. The molecule has 0 aromatic heterocycles. The predicted molar refractivity (Wildman–Crippen MR) is 184 cm³/mol. The van der Waals surface area contributed by atoms with E-state index in [1.54, 1.807) is 0 Å². The number of azo groups is 1. The average Bonchev–Trinajstić information content (AvgIpc) is 3.09. The molecule has 44 heavy (non-hydrogen) atoms. The molecule has 0 spiro atoms. The van der Waals surface area contributed by atoms with Gasteiger partial charge >= 0.3 is 16.8 Å². The van der Waals surface area contributed by atoms with Crippen molar-refractivity contribution in [3.8, 4) is 0 Å². The molecule has 0 fully saturated rings. The van der Waals surface area contributed by atoms with Gasteiger partial charge < -0.3 is 0 Å². The lowest BCUT2D eigenvalue weighted by Crippen LogP contribution is -2.64. The molecule has 0 saturated heterocycles. The van der Waals surface area contributed by atoms with Gasteiger partial charge in [0.1, 0.15) is 0 Å². The van der Waals surface area contributed by atoms with Crippen molar-refractivity contribution < 1.29 is 8.22 Å². The second-order valence-electron chi connectivity index (χ2n) is 11.0. The lowest BCUT2D eigenvalue weighted by atomic mass is 10.2. The highest BCUT2D eigenvalue weighted by molar-refractivity contribution is 7.08. The Labute approximate surface area is 259 Å². The van der Waals surface area contributed by atoms with E-state index in [0.29, 0.717) is 42.5 Å². The summed E-state index contributed by atoms with van der Waals surface area (Å²) in [7, 11) is -7.95. The van der Waals surface area contributed by atoms with Crippen LogP contribution in [-0.2, 0) is 0 Å². The first-order valence-electron chi connectivity index (χ1n) is 14.6. The van der Waals surface area contributed by atoms with Crippen LogP contribution in [0.3, 0.4) is 0 Å². The fraction of sp³-hybridized carbons (Fsp3) is 0.0526. The highest BCUT2D eigenvalue weighted by Crippen LogP contribution is 2.24. The van der Waals surface area contributed by atoms with Crippen molar-refractivity contribution >= 4 is 59.3 Å². The van der Waals surface area contributed by atoms with E-state index < -0.39 is 16.8 Å². The van der Waals surface area contributed by atoms with Gasteiger partial charge in [-0.2, -0.15) is 10.2 Å². The molecule has 0 amide bonds. The Morgan fingerprint density at radius 3 is 0.932 bits per heavy atom. The van der Waals surface area contributed by atoms with Crippen LogP contribution in [0.2, 0.25) is 0 Å². The second-order valence-corrected chi connectivity index (χ2v) is 17.0. The summed E-state index contributed by atoms with van der Waals surface area (Å²) < 4.78 is 35.8. The molecule has 0 bridgehead atoms. The molecular formula is C38H32F2N2Si2. The van der Waals surface area contributed by atoms with E-state index in [1.807, 2.05) is 172 Å². The average molecular weight is 611 g/mol. The lowest BCUT2D eigenvalue weighted by molar-refractivity contribution is 0.840. The molecule has 216 valence electrons. The first kappa shape index (κ1) is 29.3. The standard InChI is InChI=1S/C38H32F2N2Si2/c1-29-23-25-35(37(27-29)43(39,31-15-7-3-8-16-31)32-17-9-4-10-18-32)41-42-36-26-24-30(2)28-38(36)44(40,33-19-11-5-12-20-33)34-21-13-6-14-22-34/h3-28H,1-2H3. The van der Waals surface area contributed by atoms with Crippen LogP contribution < -0.4 is 31.1 Å². The normalized spacial score (nSPS) is 12.0. The molecule has 0 heterocycles. The number of rotatable bonds is 8. The molecule has 6 heteroatoms. The summed E-state index contributed by atoms with van der Waals surface area (Å²) in [5.74, 6) is 0. The Morgan fingerprint density at radius 2 is 0.659 bits per heavy atom. The summed E-state index contributed by atoms with van der Waals surface area (Å²) in [6.07, 6.45) is 0. The molecule has 6 aromatic carbocycles. The molecule has 0 radical (unpaired) electrons. The Hall–Kier alpha value is -4.79. The van der Waals surface area contributed by atoms with Crippen molar-refractivity contribution in [2.45, 2.75) is 13.8 Å². The zero-order valence-electron chi connectivity index (χ0n) is 24.7. The Balaban J connectivity index is 1.54. The van der Waals surface area contributed by atoms with Crippen molar-refractivity contribution in [3.63, 3.8) is 0 Å². The molecule has 6 aromatic rings. The van der Waals surface area contributed by atoms with Crippen LogP contribution in [0, 0.1) is 13.8 Å². The summed E-state index contributed by atoms with van der Waals surface area (Å²) in [5, 5.41) is 13.0. The third-order valence-electron chi connectivity index (χ3n) is 8.00. The van der Waals surface area contributed by atoms with Crippen LogP contribution in [0.1, 0.15) is 11.1 Å². The summed E-state index contributed by atoms with van der Waals surface area (Å²) in [4.78, 5) is 0. The number of aryl methyl sites for hydroxylation is 2. The van der Waals surface area contributed by atoms with E-state index in [-0.39, 0.29) is 0 Å². The van der Waals surface area contributed by atoms with Gasteiger partial charge in [-0.1, -0.05) is 157 Å². The molecule has 2 nitrogen and oxygen atoms in total. The van der Waals surface area contributed by atoms with Crippen molar-refractivity contribution in [1.29, 1.82) is 0 Å². The van der Waals surface area contributed by atoms with E-state index in [2.05, 4.69) is 0 Å². The van der Waals surface area contributed by atoms with Gasteiger partial charge in [-0.25, -0.2) is 0 Å². The zero-order chi connectivity index (χ0) is 30.6. The topological polar surface area (TPSA) is 24.7 Å². The summed E-state index contributed by atoms with van der Waals surface area (Å²) in [6.45, 7) is 3.91. The fourth-order valence-electron chi connectivity index (χ4n) is 5.76. The van der Waals surface area contributed by atoms with Crippen LogP contribution in [0.4, 0.5) is 19.6 Å². The summed E-state index contributed by atoms with van der Waals surface area (Å²) in [6, 6.07) is 48.6. The molecule has 6 rings (SSSR count). The van der Waals surface area contributed by atoms with Crippen molar-refractivity contribution in [1.82, 2.24) is 0 Å². The first-order chi connectivity index (χ1) is 21.4. The van der Waals surface area contributed by atoms with E-state index in [0.717, 1.165) is 11.1 Å². The van der Waals surface area contributed by atoms with Crippen LogP contribution in [0.5, 0.6) is 0 Å². The van der Waals surface area contributed by atoms with E-state index >= 15 is 8.22 Å². The third-order valence-corrected chi connectivity index (χ3v) is 14.8. The quantitative estimate of drug-likeness (QED) is 0.0804. The van der Waals surface area contributed by atoms with Gasteiger partial charge in [-0.15, -0.1) is 0 Å². The van der Waals surface area contributed by atoms with Crippen LogP contribution in [0.15, 0.2) is 168 Å². The van der Waals surface area contributed by atoms with Crippen molar-refractivity contribution in [2.24, 2.45) is 10.2 Å². The zero-order valence-corrected chi connectivity index (χ0v) is 26.7. The van der Waals surface area contributed by atoms with Gasteiger partial charge in [0.05, 0.1) is 11.4 Å². The third kappa shape index (κ3) is 5.50. The minimum absolute atomic E-state index is 0.439. The van der Waals surface area contributed by atoms with Gasteiger partial charge in [-0.05, 0) is 46.7 Å². The molecule has 0 aliphatic heterocycles. The number of halogens is 2. The van der Waals surface area contributed by atoms with Crippen LogP contribution >= 0.6 is 0 Å². The lowest BCUT2D eigenvalue weighted by Gasteiger charge is -2.26. The van der Waals surface area contributed by atoms with Gasteiger partial charge in [0.2, 0.25) is 0 Å².